The lowest BCUT2D eigenvalue weighted by atomic mass is 10.1. The Morgan fingerprint density at radius 1 is 0.893 bits per heavy atom. The van der Waals surface area contributed by atoms with Gasteiger partial charge in [-0.3, -0.25) is 4.79 Å². The predicted octanol–water partition coefficient (Wildman–Crippen LogP) is 4.18. The zero-order valence-electron chi connectivity index (χ0n) is 16.5. The van der Waals surface area contributed by atoms with E-state index in [0.717, 1.165) is 37.3 Å². The van der Waals surface area contributed by atoms with Gasteiger partial charge in [0, 0.05) is 31.9 Å². The number of amides is 1. The molecule has 1 aliphatic rings. The van der Waals surface area contributed by atoms with Gasteiger partial charge < -0.3 is 14.5 Å². The zero-order chi connectivity index (χ0) is 19.5. The van der Waals surface area contributed by atoms with Crippen LogP contribution in [0.15, 0.2) is 60.7 Å². The highest BCUT2D eigenvalue weighted by Gasteiger charge is 2.22. The fraction of sp³-hybridized carbons (Fsp3) is 0.292. The number of hydrogen-bond donors (Lipinski definition) is 0. The van der Waals surface area contributed by atoms with Crippen molar-refractivity contribution in [3.8, 4) is 5.75 Å². The van der Waals surface area contributed by atoms with E-state index in [1.54, 1.807) is 0 Å². The van der Waals surface area contributed by atoms with Gasteiger partial charge in [0.15, 0.2) is 6.61 Å². The molecule has 1 saturated heterocycles. The van der Waals surface area contributed by atoms with Gasteiger partial charge in [-0.1, -0.05) is 42.5 Å². The van der Waals surface area contributed by atoms with Crippen molar-refractivity contribution >= 4 is 22.4 Å². The van der Waals surface area contributed by atoms with E-state index in [2.05, 4.69) is 49.1 Å². The van der Waals surface area contributed by atoms with Crippen molar-refractivity contribution in [2.45, 2.75) is 13.8 Å². The lowest BCUT2D eigenvalue weighted by Gasteiger charge is -2.37. The van der Waals surface area contributed by atoms with Gasteiger partial charge in [0.25, 0.3) is 5.91 Å². The first-order valence-corrected chi connectivity index (χ1v) is 9.82. The Bertz CT molecular complexity index is 991. The topological polar surface area (TPSA) is 32.8 Å². The maximum absolute atomic E-state index is 12.6. The smallest absolute Gasteiger partial charge is 0.260 e. The summed E-state index contributed by atoms with van der Waals surface area (Å²) in [5.74, 6) is 0.787. The van der Waals surface area contributed by atoms with Crippen LogP contribution in [0.2, 0.25) is 0 Å². The molecule has 0 N–H and O–H groups in total. The Morgan fingerprint density at radius 2 is 1.64 bits per heavy atom. The molecule has 4 heteroatoms. The summed E-state index contributed by atoms with van der Waals surface area (Å²) in [6.07, 6.45) is 0. The molecule has 4 nitrogen and oxygen atoms in total. The number of hydrogen-bond acceptors (Lipinski definition) is 3. The third-order valence-corrected chi connectivity index (χ3v) is 5.63. The molecule has 3 aromatic rings. The highest BCUT2D eigenvalue weighted by atomic mass is 16.5. The highest BCUT2D eigenvalue weighted by Crippen LogP contribution is 2.24. The number of nitrogens with zero attached hydrogens (tertiary/aromatic N) is 2. The molecule has 1 heterocycles. The first-order valence-electron chi connectivity index (χ1n) is 9.82. The van der Waals surface area contributed by atoms with Gasteiger partial charge in [-0.2, -0.15) is 0 Å². The number of aryl methyl sites for hydroxylation is 1. The van der Waals surface area contributed by atoms with Crippen LogP contribution in [0.5, 0.6) is 5.75 Å². The summed E-state index contributed by atoms with van der Waals surface area (Å²) >= 11 is 0. The summed E-state index contributed by atoms with van der Waals surface area (Å²) in [5, 5.41) is 2.29. The van der Waals surface area contributed by atoms with Crippen LogP contribution in [-0.2, 0) is 4.79 Å². The van der Waals surface area contributed by atoms with Crippen LogP contribution in [0.3, 0.4) is 0 Å². The minimum atomic E-state index is 0.0498. The minimum absolute atomic E-state index is 0.0498. The van der Waals surface area contributed by atoms with Crippen LogP contribution in [0.1, 0.15) is 11.1 Å². The number of benzene rings is 3. The van der Waals surface area contributed by atoms with E-state index >= 15 is 0 Å². The van der Waals surface area contributed by atoms with E-state index in [1.807, 2.05) is 35.2 Å². The molecule has 0 radical (unpaired) electrons. The molecule has 1 aliphatic heterocycles. The van der Waals surface area contributed by atoms with Gasteiger partial charge in [-0.05, 0) is 53.9 Å². The number of piperazine rings is 1. The molecule has 0 bridgehead atoms. The molecule has 0 atom stereocenters. The molecule has 0 saturated carbocycles. The van der Waals surface area contributed by atoms with Crippen molar-refractivity contribution in [2.24, 2.45) is 0 Å². The third kappa shape index (κ3) is 3.81. The second-order valence-electron chi connectivity index (χ2n) is 7.38. The Hall–Kier alpha value is -3.01. The average molecular weight is 374 g/mol. The quantitative estimate of drug-likeness (QED) is 0.687. The Balaban J connectivity index is 1.33. The molecule has 28 heavy (non-hydrogen) atoms. The fourth-order valence-electron chi connectivity index (χ4n) is 3.77. The number of rotatable bonds is 4. The summed E-state index contributed by atoms with van der Waals surface area (Å²) < 4.78 is 5.77. The number of carbonyl (C=O) groups is 1. The van der Waals surface area contributed by atoms with Crippen LogP contribution in [0.4, 0.5) is 5.69 Å². The molecule has 3 aromatic carbocycles. The van der Waals surface area contributed by atoms with E-state index in [-0.39, 0.29) is 12.5 Å². The number of anilines is 1. The third-order valence-electron chi connectivity index (χ3n) is 5.63. The summed E-state index contributed by atoms with van der Waals surface area (Å²) in [4.78, 5) is 16.9. The molecule has 0 unspecified atom stereocenters. The summed E-state index contributed by atoms with van der Waals surface area (Å²) in [7, 11) is 0. The minimum Gasteiger partial charge on any atom is -0.484 e. The lowest BCUT2D eigenvalue weighted by molar-refractivity contribution is -0.133. The van der Waals surface area contributed by atoms with Gasteiger partial charge in [-0.15, -0.1) is 0 Å². The number of fused-ring (bicyclic) bond motifs is 1. The summed E-state index contributed by atoms with van der Waals surface area (Å²) in [6, 6.07) is 20.5. The molecule has 0 spiro atoms. The molecule has 144 valence electrons. The van der Waals surface area contributed by atoms with Crippen LogP contribution < -0.4 is 9.64 Å². The van der Waals surface area contributed by atoms with Gasteiger partial charge >= 0.3 is 0 Å². The van der Waals surface area contributed by atoms with E-state index in [0.29, 0.717) is 0 Å². The first-order chi connectivity index (χ1) is 13.6. The molecule has 4 rings (SSSR count). The predicted molar refractivity (Wildman–Crippen MR) is 114 cm³/mol. The SMILES string of the molecule is Cc1cccc(N2CCN(C(=O)COc3ccc4ccccc4c3)CC2)c1C. The van der Waals surface area contributed by atoms with Gasteiger partial charge in [0.1, 0.15) is 5.75 Å². The maximum atomic E-state index is 12.6. The van der Waals surface area contributed by atoms with E-state index in [1.165, 1.54) is 22.2 Å². The average Bonchev–Trinajstić information content (AvgIpc) is 2.74. The van der Waals surface area contributed by atoms with Crippen molar-refractivity contribution in [3.05, 3.63) is 71.8 Å². The van der Waals surface area contributed by atoms with E-state index < -0.39 is 0 Å². The normalized spacial score (nSPS) is 14.4. The first kappa shape index (κ1) is 18.4. The Kier molecular flexibility index (Phi) is 5.20. The van der Waals surface area contributed by atoms with Gasteiger partial charge in [0.05, 0.1) is 0 Å². The van der Waals surface area contributed by atoms with Crippen LogP contribution >= 0.6 is 0 Å². The maximum Gasteiger partial charge on any atom is 0.260 e. The molecular weight excluding hydrogens is 348 g/mol. The van der Waals surface area contributed by atoms with E-state index in [4.69, 9.17) is 4.74 Å². The lowest BCUT2D eigenvalue weighted by Crippen LogP contribution is -2.50. The number of ether oxygens (including phenoxy) is 1. The molecule has 0 aromatic heterocycles. The standard InChI is InChI=1S/C24H26N2O2/c1-18-6-5-9-23(19(18)2)25-12-14-26(15-13-25)24(27)17-28-22-11-10-20-7-3-4-8-21(20)16-22/h3-11,16H,12-15,17H2,1-2H3. The Morgan fingerprint density at radius 3 is 2.43 bits per heavy atom. The van der Waals surface area contributed by atoms with Crippen molar-refractivity contribution in [1.29, 1.82) is 0 Å². The van der Waals surface area contributed by atoms with Crippen molar-refractivity contribution in [1.82, 2.24) is 4.90 Å². The summed E-state index contributed by atoms with van der Waals surface area (Å²) in [6.45, 7) is 7.56. The van der Waals surface area contributed by atoms with Crippen molar-refractivity contribution in [2.75, 3.05) is 37.7 Å². The van der Waals surface area contributed by atoms with Gasteiger partial charge in [-0.25, -0.2) is 0 Å². The Labute approximate surface area is 166 Å². The second kappa shape index (κ2) is 7.93. The van der Waals surface area contributed by atoms with Crippen molar-refractivity contribution in [3.63, 3.8) is 0 Å². The van der Waals surface area contributed by atoms with Crippen LogP contribution in [0.25, 0.3) is 10.8 Å². The van der Waals surface area contributed by atoms with Crippen LogP contribution in [0, 0.1) is 13.8 Å². The van der Waals surface area contributed by atoms with E-state index in [9.17, 15) is 4.79 Å². The molecule has 0 aliphatic carbocycles. The molecular formula is C24H26N2O2. The second-order valence-corrected chi connectivity index (χ2v) is 7.38. The highest BCUT2D eigenvalue weighted by molar-refractivity contribution is 5.84. The molecule has 1 amide bonds. The number of carbonyl (C=O) groups excluding carboxylic acids is 1. The summed E-state index contributed by atoms with van der Waals surface area (Å²) in [5.41, 5.74) is 3.90. The fourth-order valence-corrected chi connectivity index (χ4v) is 3.77. The monoisotopic (exact) mass is 374 g/mol. The van der Waals surface area contributed by atoms with Gasteiger partial charge in [0.2, 0.25) is 0 Å². The molecule has 1 fully saturated rings. The van der Waals surface area contributed by atoms with Crippen molar-refractivity contribution < 1.29 is 9.53 Å². The van der Waals surface area contributed by atoms with Crippen LogP contribution in [-0.4, -0.2) is 43.6 Å². The largest absolute Gasteiger partial charge is 0.484 e. The zero-order valence-corrected chi connectivity index (χ0v) is 16.5.